The van der Waals surface area contributed by atoms with Crippen LogP contribution in [0.4, 0.5) is 0 Å². The van der Waals surface area contributed by atoms with E-state index < -0.39 is 169 Å². The number of nitrogens with one attached hydrogen (secondary N) is 11. The molecule has 0 unspecified atom stereocenters. The van der Waals surface area contributed by atoms with Crippen molar-refractivity contribution in [2.45, 2.75) is 116 Å². The Labute approximate surface area is 480 Å². The van der Waals surface area contributed by atoms with E-state index in [1.54, 1.807) is 0 Å². The smallest absolute Gasteiger partial charge is 0.303 e. The van der Waals surface area contributed by atoms with Gasteiger partial charge in [0, 0.05) is 31.8 Å². The lowest BCUT2D eigenvalue weighted by molar-refractivity contribution is -0.139. The Morgan fingerprint density at radius 3 is 1.51 bits per heavy atom. The first-order valence-electron chi connectivity index (χ1n) is 25.2. The zero-order chi connectivity index (χ0) is 62.2. The molecule has 0 aliphatic rings. The number of hydrogen-bond acceptors (Lipinski definition) is 22. The van der Waals surface area contributed by atoms with Crippen molar-refractivity contribution in [1.82, 2.24) is 58.5 Å². The third-order valence-corrected chi connectivity index (χ3v) is 12.7. The minimum atomic E-state index is -1.84. The Bertz CT molecular complexity index is 2400. The average Bonchev–Trinajstić information content (AvgIpc) is 3.42. The number of hydrogen-bond donors (Lipinski definition) is 16. The SMILES string of the molecule is CC[C@H](NC(=O)CNC(=O)CNC(=O)[C@H](C)NC(=O)CN)C(=O)N[C@@H](Cc1ccc(O)cc1)C(=O)N[C@@H](CSCOC(C)=O)C(=O)N[C@@H](CO)C(=O)N[C@H](C(=O)N[C@H](C(=O)N[C@@H](CSCOC(C)=O)C(=O)NCC(N)=O)[C@@H](C)O)C(C)C. The second-order valence-electron chi connectivity index (χ2n) is 18.2. The van der Waals surface area contributed by atoms with Crippen molar-refractivity contribution < 1.29 is 91.9 Å². The molecule has 458 valence electrons. The molecule has 0 aliphatic heterocycles. The van der Waals surface area contributed by atoms with Crippen molar-refractivity contribution in [3.8, 4) is 5.75 Å². The molecular formula is C48H75N13O19S2. The predicted molar refractivity (Wildman–Crippen MR) is 292 cm³/mol. The van der Waals surface area contributed by atoms with Crippen LogP contribution in [0.2, 0.25) is 0 Å². The molecule has 0 bridgehead atoms. The molecule has 9 atom stereocenters. The minimum Gasteiger partial charge on any atom is -0.508 e. The van der Waals surface area contributed by atoms with Gasteiger partial charge < -0.3 is 94.7 Å². The molecule has 18 N–H and O–H groups in total. The summed E-state index contributed by atoms with van der Waals surface area (Å²) in [6.07, 6.45) is -1.97. The van der Waals surface area contributed by atoms with Crippen LogP contribution in [0.3, 0.4) is 0 Å². The number of carbonyl (C=O) groups excluding carboxylic acids is 14. The lowest BCUT2D eigenvalue weighted by Crippen LogP contribution is -2.63. The normalized spacial score (nSPS) is 14.1. The van der Waals surface area contributed by atoms with Crippen LogP contribution >= 0.6 is 23.5 Å². The third kappa shape index (κ3) is 28.5. The van der Waals surface area contributed by atoms with Crippen molar-refractivity contribution in [2.75, 3.05) is 56.2 Å². The molecule has 1 rings (SSSR count). The fourth-order valence-corrected chi connectivity index (χ4v) is 8.19. The number of thioether (sulfide) groups is 2. The minimum absolute atomic E-state index is 0.0539. The lowest BCUT2D eigenvalue weighted by Gasteiger charge is -2.29. The molecule has 1 aromatic carbocycles. The Kier molecular flexibility index (Phi) is 33.4. The van der Waals surface area contributed by atoms with Gasteiger partial charge in [0.1, 0.15) is 66.0 Å². The number of primary amides is 1. The molecule has 34 heteroatoms. The first kappa shape index (κ1) is 72.2. The van der Waals surface area contributed by atoms with Crippen LogP contribution in [0.15, 0.2) is 24.3 Å². The van der Waals surface area contributed by atoms with Crippen LogP contribution in [0.5, 0.6) is 5.75 Å². The molecule has 0 radical (unpaired) electrons. The third-order valence-electron chi connectivity index (χ3n) is 11.0. The van der Waals surface area contributed by atoms with Gasteiger partial charge in [0.2, 0.25) is 70.9 Å². The maximum Gasteiger partial charge on any atom is 0.303 e. The highest BCUT2D eigenvalue weighted by molar-refractivity contribution is 7.99. The molecule has 0 saturated carbocycles. The highest BCUT2D eigenvalue weighted by Gasteiger charge is 2.36. The largest absolute Gasteiger partial charge is 0.508 e. The van der Waals surface area contributed by atoms with Crippen molar-refractivity contribution in [3.63, 3.8) is 0 Å². The van der Waals surface area contributed by atoms with Gasteiger partial charge in [-0.2, -0.15) is 0 Å². The highest BCUT2D eigenvalue weighted by atomic mass is 32.2. The lowest BCUT2D eigenvalue weighted by atomic mass is 10.0. The number of ether oxygens (including phenoxy) is 2. The summed E-state index contributed by atoms with van der Waals surface area (Å²) < 4.78 is 9.79. The predicted octanol–water partition coefficient (Wildman–Crippen LogP) is -7.43. The summed E-state index contributed by atoms with van der Waals surface area (Å²) in [5.41, 5.74) is 10.7. The van der Waals surface area contributed by atoms with Gasteiger partial charge in [-0.1, -0.05) is 32.9 Å². The van der Waals surface area contributed by atoms with Crippen LogP contribution in [0.1, 0.15) is 60.5 Å². The van der Waals surface area contributed by atoms with Gasteiger partial charge in [0.25, 0.3) is 0 Å². The van der Waals surface area contributed by atoms with E-state index in [9.17, 15) is 82.4 Å². The molecule has 12 amide bonds. The quantitative estimate of drug-likeness (QED) is 0.0167. The molecule has 82 heavy (non-hydrogen) atoms. The van der Waals surface area contributed by atoms with Gasteiger partial charge in [-0.15, -0.1) is 23.5 Å². The standard InChI is InChI=1S/C48H75N13O19S2/c1-8-30(55-38(70)17-51-37(69)16-53-41(71)24(4)54-36(68)14-49)43(73)56-31(13-28-9-11-29(66)12-10-28)44(74)58-34(20-82-22-80-27(7)65)46(76)57-32(18-62)45(75)60-39(23(2)3)47(77)61-40(25(5)63)48(78)59-33(19-81-21-79-26(6)64)42(72)52-15-35(50)67/h9-12,23-25,30-34,39-40,62-63,66H,8,13-22,49H2,1-7H3,(H2,50,67)(H,51,69)(H,52,72)(H,53,71)(H,54,68)(H,55,70)(H,56,73)(H,57,76)(H,58,74)(H,59,78)(H,60,75)(H,61,77)/t24-,25+,30-,31-,32-,33-,34-,39-,40-/m0/s1. The number of amides is 12. The number of benzene rings is 1. The molecule has 0 heterocycles. The second kappa shape index (κ2) is 38.0. The first-order valence-corrected chi connectivity index (χ1v) is 27.5. The van der Waals surface area contributed by atoms with E-state index in [-0.39, 0.29) is 48.5 Å². The number of aromatic hydroxyl groups is 1. The molecule has 0 aliphatic carbocycles. The maximum atomic E-state index is 14.2. The molecule has 0 spiro atoms. The van der Waals surface area contributed by atoms with Crippen LogP contribution in [-0.2, 0) is 83.0 Å². The average molecular weight is 1200 g/mol. The monoisotopic (exact) mass is 1200 g/mol. The number of rotatable bonds is 37. The summed E-state index contributed by atoms with van der Waals surface area (Å²) in [6.45, 7) is 5.89. The fourth-order valence-electron chi connectivity index (χ4n) is 6.56. The summed E-state index contributed by atoms with van der Waals surface area (Å²) in [5.74, 6) is -14.6. The number of nitrogens with two attached hydrogens (primary N) is 2. The number of carbonyl (C=O) groups is 14. The summed E-state index contributed by atoms with van der Waals surface area (Å²) in [5, 5.41) is 56.7. The highest BCUT2D eigenvalue weighted by Crippen LogP contribution is 2.14. The molecule has 0 saturated heterocycles. The number of aliphatic hydroxyl groups is 2. The summed E-state index contributed by atoms with van der Waals surface area (Å²) in [6, 6.07) is -6.65. The van der Waals surface area contributed by atoms with E-state index in [1.807, 2.05) is 0 Å². The summed E-state index contributed by atoms with van der Waals surface area (Å²) >= 11 is 1.72. The Morgan fingerprint density at radius 2 is 1.00 bits per heavy atom. The van der Waals surface area contributed by atoms with E-state index in [0.717, 1.165) is 44.3 Å². The van der Waals surface area contributed by atoms with Crippen LogP contribution < -0.4 is 70.0 Å². The second-order valence-corrected chi connectivity index (χ2v) is 20.2. The van der Waals surface area contributed by atoms with Crippen LogP contribution in [0, 0.1) is 5.92 Å². The molecule has 0 fully saturated rings. The molecule has 1 aromatic rings. The number of aliphatic hydroxyl groups excluding tert-OH is 2. The van der Waals surface area contributed by atoms with E-state index in [0.29, 0.717) is 5.56 Å². The molecular weight excluding hydrogens is 1130 g/mol. The van der Waals surface area contributed by atoms with Gasteiger partial charge in [-0.3, -0.25) is 67.1 Å². The van der Waals surface area contributed by atoms with Gasteiger partial charge in [0.15, 0.2) is 0 Å². The van der Waals surface area contributed by atoms with Gasteiger partial charge in [-0.25, -0.2) is 0 Å². The van der Waals surface area contributed by atoms with E-state index in [2.05, 4.69) is 58.5 Å². The van der Waals surface area contributed by atoms with Crippen molar-refractivity contribution in [3.05, 3.63) is 29.8 Å². The van der Waals surface area contributed by atoms with E-state index >= 15 is 0 Å². The molecule has 32 nitrogen and oxygen atoms in total. The van der Waals surface area contributed by atoms with Crippen molar-refractivity contribution >= 4 is 106 Å². The zero-order valence-corrected chi connectivity index (χ0v) is 47.8. The van der Waals surface area contributed by atoms with Gasteiger partial charge in [0.05, 0.1) is 38.9 Å². The van der Waals surface area contributed by atoms with E-state index in [4.69, 9.17) is 20.9 Å². The van der Waals surface area contributed by atoms with Gasteiger partial charge in [-0.05, 0) is 43.9 Å². The Hall–Kier alpha value is -7.82. The molecule has 0 aromatic heterocycles. The van der Waals surface area contributed by atoms with E-state index in [1.165, 1.54) is 52.0 Å². The van der Waals surface area contributed by atoms with Crippen molar-refractivity contribution in [2.24, 2.45) is 17.4 Å². The zero-order valence-electron chi connectivity index (χ0n) is 46.2. The number of phenols is 1. The van der Waals surface area contributed by atoms with Crippen LogP contribution in [0.25, 0.3) is 0 Å². The van der Waals surface area contributed by atoms with Crippen LogP contribution in [-0.4, -0.2) is 209 Å². The number of esters is 2. The fraction of sp³-hybridized carbons (Fsp3) is 0.583. The topological polar surface area (TPSA) is 502 Å². The Balaban J connectivity index is 3.36. The summed E-state index contributed by atoms with van der Waals surface area (Å²) in [7, 11) is 0. The van der Waals surface area contributed by atoms with Gasteiger partial charge >= 0.3 is 11.9 Å². The number of phenolic OH excluding ortho intramolecular Hbond substituents is 1. The first-order chi connectivity index (χ1) is 38.5. The van der Waals surface area contributed by atoms with Crippen molar-refractivity contribution in [1.29, 1.82) is 0 Å². The Morgan fingerprint density at radius 1 is 0.537 bits per heavy atom. The summed E-state index contributed by atoms with van der Waals surface area (Å²) in [4.78, 5) is 179. The maximum absolute atomic E-state index is 14.2.